The third-order valence-electron chi connectivity index (χ3n) is 2.58. The van der Waals surface area contributed by atoms with E-state index in [1.54, 1.807) is 0 Å². The highest BCUT2D eigenvalue weighted by molar-refractivity contribution is 9.10. The molecule has 0 fully saturated rings. The second-order valence-corrected chi connectivity index (χ2v) is 4.93. The number of halogens is 1. The normalized spacial score (nSPS) is 12.2. The van der Waals surface area contributed by atoms with Gasteiger partial charge in [-0.15, -0.1) is 0 Å². The first-order valence-corrected chi connectivity index (χ1v) is 6.66. The molecule has 1 atom stereocenters. The van der Waals surface area contributed by atoms with E-state index in [0.717, 1.165) is 16.5 Å². The Balaban J connectivity index is 2.29. The molecule has 94 valence electrons. The molecule has 2 N–H and O–H groups in total. The maximum atomic E-state index is 11.5. The maximum absolute atomic E-state index is 11.5. The fourth-order valence-electron chi connectivity index (χ4n) is 1.38. The summed E-state index contributed by atoms with van der Waals surface area (Å²) >= 11 is 3.47. The summed E-state index contributed by atoms with van der Waals surface area (Å²) in [4.78, 5) is 11.5. The molecule has 0 aliphatic carbocycles. The number of nitrogens with one attached hydrogen (secondary N) is 2. The molecule has 1 unspecified atom stereocenters. The standard InChI is InChI=1S/C13H19BrN2O/c1-3-10(2)16-13(17)9-15-8-11-6-4-5-7-12(11)14/h4-7,10,15H,3,8-9H2,1-2H3,(H,16,17). The van der Waals surface area contributed by atoms with E-state index >= 15 is 0 Å². The van der Waals surface area contributed by atoms with Crippen molar-refractivity contribution in [2.45, 2.75) is 32.9 Å². The summed E-state index contributed by atoms with van der Waals surface area (Å²) in [6.07, 6.45) is 0.954. The molecule has 0 radical (unpaired) electrons. The van der Waals surface area contributed by atoms with Crippen LogP contribution in [0.2, 0.25) is 0 Å². The van der Waals surface area contributed by atoms with Crippen molar-refractivity contribution >= 4 is 21.8 Å². The topological polar surface area (TPSA) is 41.1 Å². The van der Waals surface area contributed by atoms with Crippen LogP contribution in [0.5, 0.6) is 0 Å². The molecule has 17 heavy (non-hydrogen) atoms. The summed E-state index contributed by atoms with van der Waals surface area (Å²) in [6, 6.07) is 8.23. The van der Waals surface area contributed by atoms with Crippen LogP contribution < -0.4 is 10.6 Å². The fourth-order valence-corrected chi connectivity index (χ4v) is 1.81. The molecular formula is C13H19BrN2O. The second-order valence-electron chi connectivity index (χ2n) is 4.07. The van der Waals surface area contributed by atoms with Crippen LogP contribution in [0.15, 0.2) is 28.7 Å². The van der Waals surface area contributed by atoms with Gasteiger partial charge in [0.1, 0.15) is 0 Å². The van der Waals surface area contributed by atoms with E-state index in [2.05, 4.69) is 33.5 Å². The first-order valence-electron chi connectivity index (χ1n) is 5.87. The first-order chi connectivity index (χ1) is 8.13. The molecule has 1 amide bonds. The zero-order valence-corrected chi connectivity index (χ0v) is 11.9. The number of rotatable bonds is 6. The Kier molecular flexibility index (Phi) is 6.22. The lowest BCUT2D eigenvalue weighted by Gasteiger charge is -2.12. The van der Waals surface area contributed by atoms with Gasteiger partial charge < -0.3 is 10.6 Å². The molecule has 1 rings (SSSR count). The van der Waals surface area contributed by atoms with Crippen molar-refractivity contribution in [3.63, 3.8) is 0 Å². The first kappa shape index (κ1) is 14.2. The van der Waals surface area contributed by atoms with Crippen molar-refractivity contribution in [2.75, 3.05) is 6.54 Å². The molecule has 0 bridgehead atoms. The highest BCUT2D eigenvalue weighted by atomic mass is 79.9. The number of carbonyl (C=O) groups is 1. The van der Waals surface area contributed by atoms with Gasteiger partial charge in [0.2, 0.25) is 5.91 Å². The van der Waals surface area contributed by atoms with Gasteiger partial charge in [0.05, 0.1) is 6.54 Å². The van der Waals surface area contributed by atoms with Gasteiger partial charge in [0.15, 0.2) is 0 Å². The highest BCUT2D eigenvalue weighted by Gasteiger charge is 2.05. The van der Waals surface area contributed by atoms with E-state index in [9.17, 15) is 4.79 Å². The zero-order chi connectivity index (χ0) is 12.7. The number of amides is 1. The quantitative estimate of drug-likeness (QED) is 0.847. The molecule has 1 aromatic carbocycles. The molecule has 0 aliphatic heterocycles. The van der Waals surface area contributed by atoms with E-state index in [1.165, 1.54) is 0 Å². The summed E-state index contributed by atoms with van der Waals surface area (Å²) in [5, 5.41) is 6.05. The van der Waals surface area contributed by atoms with Gasteiger partial charge in [-0.1, -0.05) is 41.1 Å². The molecular weight excluding hydrogens is 280 g/mol. The van der Waals surface area contributed by atoms with Gasteiger partial charge >= 0.3 is 0 Å². The third kappa shape index (κ3) is 5.33. The lowest BCUT2D eigenvalue weighted by molar-refractivity contribution is -0.120. The lowest BCUT2D eigenvalue weighted by atomic mass is 10.2. The average molecular weight is 299 g/mol. The van der Waals surface area contributed by atoms with E-state index in [1.807, 2.05) is 31.2 Å². The van der Waals surface area contributed by atoms with Crippen molar-refractivity contribution in [1.82, 2.24) is 10.6 Å². The molecule has 3 nitrogen and oxygen atoms in total. The van der Waals surface area contributed by atoms with Gasteiger partial charge in [-0.05, 0) is 25.0 Å². The summed E-state index contributed by atoms with van der Waals surface area (Å²) in [7, 11) is 0. The molecule has 0 saturated heterocycles. The van der Waals surface area contributed by atoms with Crippen molar-refractivity contribution in [3.05, 3.63) is 34.3 Å². The van der Waals surface area contributed by atoms with Gasteiger partial charge in [-0.25, -0.2) is 0 Å². The Bertz CT molecular complexity index is 368. The molecule has 0 spiro atoms. The minimum absolute atomic E-state index is 0.0476. The van der Waals surface area contributed by atoms with Gasteiger partial charge in [0, 0.05) is 17.1 Å². The Morgan fingerprint density at radius 2 is 2.12 bits per heavy atom. The summed E-state index contributed by atoms with van der Waals surface area (Å²) in [5.41, 5.74) is 1.16. The van der Waals surface area contributed by atoms with E-state index in [0.29, 0.717) is 13.1 Å². The minimum atomic E-state index is 0.0476. The largest absolute Gasteiger partial charge is 0.353 e. The number of hydrogen-bond acceptors (Lipinski definition) is 2. The maximum Gasteiger partial charge on any atom is 0.234 e. The van der Waals surface area contributed by atoms with E-state index in [-0.39, 0.29) is 11.9 Å². The zero-order valence-electron chi connectivity index (χ0n) is 10.3. The van der Waals surface area contributed by atoms with Crippen LogP contribution in [0.4, 0.5) is 0 Å². The number of benzene rings is 1. The van der Waals surface area contributed by atoms with Gasteiger partial charge in [-0.3, -0.25) is 4.79 Å². The lowest BCUT2D eigenvalue weighted by Crippen LogP contribution is -2.38. The van der Waals surface area contributed by atoms with Crippen LogP contribution in [-0.4, -0.2) is 18.5 Å². The summed E-state index contributed by atoms with van der Waals surface area (Å²) in [5.74, 6) is 0.0476. The number of hydrogen-bond donors (Lipinski definition) is 2. The van der Waals surface area contributed by atoms with Crippen molar-refractivity contribution in [3.8, 4) is 0 Å². The van der Waals surface area contributed by atoms with Crippen LogP contribution in [-0.2, 0) is 11.3 Å². The highest BCUT2D eigenvalue weighted by Crippen LogP contribution is 2.14. The Morgan fingerprint density at radius 1 is 1.41 bits per heavy atom. The Morgan fingerprint density at radius 3 is 2.76 bits per heavy atom. The monoisotopic (exact) mass is 298 g/mol. The molecule has 1 aromatic rings. The molecule has 0 saturated carbocycles. The second kappa shape index (κ2) is 7.45. The number of carbonyl (C=O) groups excluding carboxylic acids is 1. The SMILES string of the molecule is CCC(C)NC(=O)CNCc1ccccc1Br. The van der Waals surface area contributed by atoms with E-state index in [4.69, 9.17) is 0 Å². The predicted octanol–water partition coefficient (Wildman–Crippen LogP) is 2.45. The van der Waals surface area contributed by atoms with Crippen molar-refractivity contribution in [2.24, 2.45) is 0 Å². The minimum Gasteiger partial charge on any atom is -0.353 e. The Labute approximate surface area is 111 Å². The van der Waals surface area contributed by atoms with Gasteiger partial charge in [-0.2, -0.15) is 0 Å². The van der Waals surface area contributed by atoms with Crippen LogP contribution in [0, 0.1) is 0 Å². The van der Waals surface area contributed by atoms with Crippen LogP contribution in [0.25, 0.3) is 0 Å². The van der Waals surface area contributed by atoms with Crippen molar-refractivity contribution < 1.29 is 4.79 Å². The van der Waals surface area contributed by atoms with Gasteiger partial charge in [0.25, 0.3) is 0 Å². The average Bonchev–Trinajstić information content (AvgIpc) is 2.31. The molecule has 0 heterocycles. The van der Waals surface area contributed by atoms with Crippen LogP contribution in [0.3, 0.4) is 0 Å². The van der Waals surface area contributed by atoms with E-state index < -0.39 is 0 Å². The third-order valence-corrected chi connectivity index (χ3v) is 3.35. The van der Waals surface area contributed by atoms with Crippen LogP contribution in [0.1, 0.15) is 25.8 Å². The molecule has 0 aromatic heterocycles. The molecule has 4 heteroatoms. The Hall–Kier alpha value is -0.870. The summed E-state index contributed by atoms with van der Waals surface area (Å²) in [6.45, 7) is 5.10. The van der Waals surface area contributed by atoms with Crippen molar-refractivity contribution in [1.29, 1.82) is 0 Å². The predicted molar refractivity (Wildman–Crippen MR) is 73.7 cm³/mol. The van der Waals surface area contributed by atoms with Crippen LogP contribution >= 0.6 is 15.9 Å². The smallest absolute Gasteiger partial charge is 0.234 e. The summed E-state index contributed by atoms with van der Waals surface area (Å²) < 4.78 is 1.06. The molecule has 0 aliphatic rings. The fraction of sp³-hybridized carbons (Fsp3) is 0.462.